The van der Waals surface area contributed by atoms with Crippen molar-refractivity contribution in [1.29, 1.82) is 0 Å². The molecule has 0 saturated heterocycles. The second kappa shape index (κ2) is 47.8. The number of rotatable bonds is 49. The first-order valence-corrected chi connectivity index (χ1v) is 32.4. The number of unbranched alkanes of at least 4 members (excludes halogenated alkanes) is 28. The van der Waals surface area contributed by atoms with E-state index in [0.29, 0.717) is 85.1 Å². The Bertz CT molecular complexity index is 2190. The molecular weight excluding hydrogens is 1040 g/mol. The number of benzene rings is 4. The lowest BCUT2D eigenvalue weighted by molar-refractivity contribution is -0.148. The zero-order valence-corrected chi connectivity index (χ0v) is 51.1. The number of ether oxygens (including phenoxy) is 7. The van der Waals surface area contributed by atoms with Gasteiger partial charge in [-0.25, -0.2) is 9.59 Å². The van der Waals surface area contributed by atoms with Crippen LogP contribution in [-0.2, 0) is 9.53 Å². The van der Waals surface area contributed by atoms with Crippen LogP contribution >= 0.6 is 0 Å². The average Bonchev–Trinajstić information content (AvgIpc) is 3.67. The third-order valence-electron chi connectivity index (χ3n) is 15.1. The van der Waals surface area contributed by atoms with Crippen LogP contribution in [0.3, 0.4) is 0 Å². The summed E-state index contributed by atoms with van der Waals surface area (Å²) in [6, 6.07) is 25.1. The highest BCUT2D eigenvalue weighted by Crippen LogP contribution is 2.40. The summed E-state index contributed by atoms with van der Waals surface area (Å²) >= 11 is 0. The molecule has 0 aliphatic carbocycles. The smallest absolute Gasteiger partial charge is 0.343 e. The summed E-state index contributed by atoms with van der Waals surface area (Å²) < 4.78 is 42.5. The van der Waals surface area contributed by atoms with Crippen molar-refractivity contribution in [2.75, 3.05) is 33.0 Å². The molecule has 0 aliphatic rings. The molecule has 0 radical (unpaired) electrons. The molecule has 0 amide bonds. The molecule has 0 spiro atoms. The van der Waals surface area contributed by atoms with Crippen molar-refractivity contribution in [2.24, 2.45) is 5.92 Å². The van der Waals surface area contributed by atoms with Crippen molar-refractivity contribution in [2.45, 2.75) is 261 Å². The van der Waals surface area contributed by atoms with Crippen LogP contribution in [0.2, 0.25) is 0 Å². The fourth-order valence-electron chi connectivity index (χ4n) is 9.68. The lowest BCUT2D eigenvalue weighted by Crippen LogP contribution is -2.15. The van der Waals surface area contributed by atoms with Gasteiger partial charge in [-0.2, -0.15) is 0 Å². The molecule has 83 heavy (non-hydrogen) atoms. The monoisotopic (exact) mass is 1150 g/mol. The topological polar surface area (TPSA) is 116 Å². The average molecular weight is 1150 g/mol. The Morgan fingerprint density at radius 2 is 0.663 bits per heavy atom. The van der Waals surface area contributed by atoms with Gasteiger partial charge in [-0.1, -0.05) is 247 Å². The molecular formula is C73H114O10. The van der Waals surface area contributed by atoms with Crippen LogP contribution in [0.5, 0.6) is 34.5 Å². The molecule has 0 aromatic heterocycles. The number of esters is 3. The van der Waals surface area contributed by atoms with Crippen molar-refractivity contribution in [3.05, 3.63) is 96.1 Å². The minimum absolute atomic E-state index is 0. The van der Waals surface area contributed by atoms with E-state index in [1.54, 1.807) is 60.7 Å². The second-order valence-electron chi connectivity index (χ2n) is 22.3. The van der Waals surface area contributed by atoms with Gasteiger partial charge in [-0.15, -0.1) is 0 Å². The normalized spacial score (nSPS) is 11.2. The summed E-state index contributed by atoms with van der Waals surface area (Å²) in [5, 5.41) is 0. The minimum atomic E-state index is -0.502. The van der Waals surface area contributed by atoms with Gasteiger partial charge in [0.15, 0.2) is 11.5 Å². The molecule has 466 valence electrons. The Morgan fingerprint density at radius 3 is 1.05 bits per heavy atom. The van der Waals surface area contributed by atoms with Crippen LogP contribution in [0, 0.1) is 5.92 Å². The summed E-state index contributed by atoms with van der Waals surface area (Å²) in [7, 11) is 0. The number of carbonyl (C=O) groups is 3. The first-order chi connectivity index (χ1) is 39.8. The van der Waals surface area contributed by atoms with Gasteiger partial charge in [0.05, 0.1) is 50.1 Å². The van der Waals surface area contributed by atoms with E-state index in [-0.39, 0.29) is 26.7 Å². The van der Waals surface area contributed by atoms with Crippen LogP contribution in [0.25, 0.3) is 11.1 Å². The molecule has 10 nitrogen and oxygen atoms in total. The maximum atomic E-state index is 14.1. The van der Waals surface area contributed by atoms with E-state index < -0.39 is 11.9 Å². The van der Waals surface area contributed by atoms with E-state index in [1.165, 1.54) is 154 Å². The van der Waals surface area contributed by atoms with Crippen LogP contribution in [0.15, 0.2) is 84.9 Å². The van der Waals surface area contributed by atoms with E-state index in [2.05, 4.69) is 20.8 Å². The zero-order chi connectivity index (χ0) is 57.8. The van der Waals surface area contributed by atoms with Gasteiger partial charge < -0.3 is 33.2 Å². The van der Waals surface area contributed by atoms with Gasteiger partial charge in [0, 0.05) is 0 Å². The van der Waals surface area contributed by atoms with Gasteiger partial charge in [-0.05, 0) is 110 Å². The van der Waals surface area contributed by atoms with E-state index in [1.807, 2.05) is 38.1 Å². The summed E-state index contributed by atoms with van der Waals surface area (Å²) in [5.41, 5.74) is 2.56. The predicted molar refractivity (Wildman–Crippen MR) is 345 cm³/mol. The predicted octanol–water partition coefficient (Wildman–Crippen LogP) is 21.7. The maximum Gasteiger partial charge on any atom is 0.343 e. The van der Waals surface area contributed by atoms with E-state index in [4.69, 9.17) is 33.2 Å². The van der Waals surface area contributed by atoms with Crippen molar-refractivity contribution < 1.29 is 47.5 Å². The third-order valence-corrected chi connectivity index (χ3v) is 15.1. The summed E-state index contributed by atoms with van der Waals surface area (Å²) in [4.78, 5) is 39.0. The molecule has 4 aromatic rings. The lowest BCUT2D eigenvalue weighted by atomic mass is 10.1. The molecule has 0 saturated carbocycles. The lowest BCUT2D eigenvalue weighted by Gasteiger charge is -2.19. The van der Waals surface area contributed by atoms with Crippen molar-refractivity contribution in [1.82, 2.24) is 0 Å². The highest BCUT2D eigenvalue weighted by Gasteiger charge is 2.21. The van der Waals surface area contributed by atoms with Gasteiger partial charge >= 0.3 is 17.9 Å². The fourth-order valence-corrected chi connectivity index (χ4v) is 9.68. The number of hydrogen-bond acceptors (Lipinski definition) is 10. The Labute approximate surface area is 505 Å². The molecule has 1 unspecified atom stereocenters. The Hall–Kier alpha value is -5.51. The van der Waals surface area contributed by atoms with Crippen molar-refractivity contribution >= 4 is 17.9 Å². The first-order valence-electron chi connectivity index (χ1n) is 32.4. The zero-order valence-electron chi connectivity index (χ0n) is 51.1. The molecule has 4 aromatic carbocycles. The maximum absolute atomic E-state index is 14.1. The summed E-state index contributed by atoms with van der Waals surface area (Å²) in [5.74, 6) is 1.87. The fraction of sp³-hybridized carbons (Fsp3) is 0.630. The quantitative estimate of drug-likeness (QED) is 0.0240. The van der Waals surface area contributed by atoms with Gasteiger partial charge in [0.1, 0.15) is 17.2 Å². The molecule has 0 bridgehead atoms. The highest BCUT2D eigenvalue weighted by atomic mass is 16.6. The van der Waals surface area contributed by atoms with Gasteiger partial charge in [0.2, 0.25) is 5.75 Å². The summed E-state index contributed by atoms with van der Waals surface area (Å²) in [6.07, 6.45) is 39.4. The Kier molecular flexibility index (Phi) is 42.4. The van der Waals surface area contributed by atoms with E-state index >= 15 is 0 Å². The molecule has 0 heterocycles. The Balaban J connectivity index is 0.0000118. The molecule has 4 rings (SSSR count). The Morgan fingerprint density at radius 1 is 0.349 bits per heavy atom. The van der Waals surface area contributed by atoms with Crippen molar-refractivity contribution in [3.63, 3.8) is 0 Å². The van der Waals surface area contributed by atoms with E-state index in [0.717, 1.165) is 62.5 Å². The largest absolute Gasteiger partial charge is 0.494 e. The third kappa shape index (κ3) is 32.4. The first kappa shape index (κ1) is 73.6. The summed E-state index contributed by atoms with van der Waals surface area (Å²) in [6.45, 7) is 13.1. The van der Waals surface area contributed by atoms with Crippen LogP contribution in [-0.4, -0.2) is 50.9 Å². The number of carbonyl (C=O) groups excluding carboxylic acids is 3. The van der Waals surface area contributed by atoms with Crippen LogP contribution in [0.4, 0.5) is 0 Å². The standard InChI is InChI=1S/C71H106O10.2CH4/c1-6-10-13-16-19-22-25-28-31-34-52-76-66-56-62(57-67(77-53-35-32-29-26-23-20-17-14-11-7-2)68(66)78-54-36-33-30-27-24-21-18-15-12-8-3)71(74)81-65-49-41-60(42-50-65)59-39-47-64(48-40-59)80-70(73)61-43-45-63(46-44-61)75-51-37-38-55-79-69(72)58(5)9-4;;/h39-50,56-58H,6-38,51-55H2,1-5H3;2*1H4. The molecule has 0 aliphatic heterocycles. The van der Waals surface area contributed by atoms with Crippen LogP contribution < -0.4 is 28.4 Å². The molecule has 1 atom stereocenters. The second-order valence-corrected chi connectivity index (χ2v) is 22.3. The van der Waals surface area contributed by atoms with Crippen LogP contribution in [0.1, 0.15) is 282 Å². The van der Waals surface area contributed by atoms with Gasteiger partial charge in [0.25, 0.3) is 0 Å². The van der Waals surface area contributed by atoms with E-state index in [9.17, 15) is 14.4 Å². The molecule has 0 N–H and O–H groups in total. The van der Waals surface area contributed by atoms with Crippen molar-refractivity contribution in [3.8, 4) is 45.6 Å². The van der Waals surface area contributed by atoms with Gasteiger partial charge in [-0.3, -0.25) is 4.79 Å². The molecule has 0 fully saturated rings. The highest BCUT2D eigenvalue weighted by molar-refractivity contribution is 5.93. The SMILES string of the molecule is C.C.CCCCCCCCCCCCOc1cc(C(=O)Oc2ccc(-c3ccc(OC(=O)c4ccc(OCCCCOC(=O)C(C)CC)cc4)cc3)cc2)cc(OCCCCCCCCCCCC)c1OCCCCCCCCCCCC. The molecule has 10 heteroatoms. The number of hydrogen-bond donors (Lipinski definition) is 0. The minimum Gasteiger partial charge on any atom is -0.494 e.